The van der Waals surface area contributed by atoms with Crippen LogP contribution in [-0.2, 0) is 27.2 Å². The van der Waals surface area contributed by atoms with Gasteiger partial charge in [0.15, 0.2) is 0 Å². The molecule has 0 saturated heterocycles. The largest absolute Gasteiger partial charge is 0.480 e. The minimum Gasteiger partial charge on any atom is -0.480 e. The number of carboxylic acid groups (broad SMARTS) is 1. The molecule has 4 aromatic carbocycles. The van der Waals surface area contributed by atoms with Crippen molar-refractivity contribution < 1.29 is 19.5 Å². The molecule has 2 heterocycles. The first-order valence-electron chi connectivity index (χ1n) is 14.8. The van der Waals surface area contributed by atoms with E-state index in [2.05, 4.69) is 15.6 Å². The zero-order valence-corrected chi connectivity index (χ0v) is 25.0. The first kappa shape index (κ1) is 29.7. The number of para-hydroxylation sites is 2. The predicted molar refractivity (Wildman–Crippen MR) is 176 cm³/mol. The number of aromatic nitrogens is 2. The van der Waals surface area contributed by atoms with Gasteiger partial charge in [0.25, 0.3) is 0 Å². The van der Waals surface area contributed by atoms with Gasteiger partial charge in [-0.3, -0.25) is 19.6 Å². The van der Waals surface area contributed by atoms with Crippen molar-refractivity contribution in [1.29, 1.82) is 0 Å². The van der Waals surface area contributed by atoms with Gasteiger partial charge in [0.05, 0.1) is 23.6 Å². The summed E-state index contributed by atoms with van der Waals surface area (Å²) in [6.45, 7) is 3.48. The Morgan fingerprint density at radius 1 is 0.711 bits per heavy atom. The van der Waals surface area contributed by atoms with Crippen molar-refractivity contribution in [3.05, 3.63) is 107 Å². The molecule has 2 amide bonds. The Balaban J connectivity index is 1.08. The Kier molecular flexibility index (Phi) is 8.10. The SMILES string of the molecule is Cc1nc2ccccc2c2ccc(C[C@H](NC(=O)CNC(=O)[C@@H](N)Cc3ccc4c(c3)c(C)nc3ccccc34)C(=O)O)cc12. The normalized spacial score (nSPS) is 12.8. The van der Waals surface area contributed by atoms with Crippen LogP contribution in [0, 0.1) is 13.8 Å². The third kappa shape index (κ3) is 6.16. The lowest BCUT2D eigenvalue weighted by atomic mass is 9.98. The topological polar surface area (TPSA) is 147 Å². The summed E-state index contributed by atoms with van der Waals surface area (Å²) < 4.78 is 0. The van der Waals surface area contributed by atoms with Crippen LogP contribution < -0.4 is 16.4 Å². The Hall–Kier alpha value is -5.41. The van der Waals surface area contributed by atoms with Crippen LogP contribution in [0.1, 0.15) is 22.5 Å². The van der Waals surface area contributed by atoms with Crippen LogP contribution in [0.4, 0.5) is 0 Å². The molecule has 0 radical (unpaired) electrons. The van der Waals surface area contributed by atoms with Crippen LogP contribution in [0.2, 0.25) is 0 Å². The van der Waals surface area contributed by atoms with Gasteiger partial charge in [-0.1, -0.05) is 60.7 Å². The zero-order chi connectivity index (χ0) is 31.7. The molecule has 5 N–H and O–H groups in total. The summed E-state index contributed by atoms with van der Waals surface area (Å²) in [6.07, 6.45) is 0.335. The fourth-order valence-electron chi connectivity index (χ4n) is 5.91. The van der Waals surface area contributed by atoms with Gasteiger partial charge in [0, 0.05) is 39.4 Å². The lowest BCUT2D eigenvalue weighted by molar-refractivity contribution is -0.141. The minimum atomic E-state index is -1.18. The molecule has 6 aromatic rings. The first-order valence-corrected chi connectivity index (χ1v) is 14.8. The number of pyridine rings is 2. The van der Waals surface area contributed by atoms with E-state index in [4.69, 9.17) is 10.7 Å². The molecule has 45 heavy (non-hydrogen) atoms. The van der Waals surface area contributed by atoms with Gasteiger partial charge in [-0.25, -0.2) is 4.79 Å². The van der Waals surface area contributed by atoms with Gasteiger partial charge in [-0.2, -0.15) is 0 Å². The molecular formula is C36H33N5O4. The number of carbonyl (C=O) groups is 3. The number of carboxylic acids is 1. The molecule has 0 spiro atoms. The molecule has 226 valence electrons. The van der Waals surface area contributed by atoms with Crippen LogP contribution >= 0.6 is 0 Å². The number of nitrogens with zero attached hydrogens (tertiary/aromatic N) is 2. The average molecular weight is 600 g/mol. The van der Waals surface area contributed by atoms with Crippen molar-refractivity contribution in [2.24, 2.45) is 5.73 Å². The number of benzene rings is 4. The maximum atomic E-state index is 12.8. The summed E-state index contributed by atoms with van der Waals surface area (Å²) >= 11 is 0. The van der Waals surface area contributed by atoms with Crippen LogP contribution in [0.5, 0.6) is 0 Å². The fraction of sp³-hybridized carbons (Fsp3) is 0.194. The van der Waals surface area contributed by atoms with Gasteiger partial charge in [-0.15, -0.1) is 0 Å². The lowest BCUT2D eigenvalue weighted by Crippen LogP contribution is -2.49. The van der Waals surface area contributed by atoms with Crippen molar-refractivity contribution in [3.8, 4) is 0 Å². The molecule has 0 saturated carbocycles. The summed E-state index contributed by atoms with van der Waals surface area (Å²) in [5.74, 6) is -2.30. The number of carbonyl (C=O) groups excluding carboxylic acids is 2. The molecule has 2 atom stereocenters. The fourth-order valence-corrected chi connectivity index (χ4v) is 5.91. The molecule has 0 aliphatic heterocycles. The Morgan fingerprint density at radius 3 is 1.76 bits per heavy atom. The molecular weight excluding hydrogens is 566 g/mol. The number of fused-ring (bicyclic) bond motifs is 6. The van der Waals surface area contributed by atoms with Crippen molar-refractivity contribution in [3.63, 3.8) is 0 Å². The lowest BCUT2D eigenvalue weighted by Gasteiger charge is -2.17. The molecule has 0 unspecified atom stereocenters. The van der Waals surface area contributed by atoms with Crippen LogP contribution in [0.15, 0.2) is 84.9 Å². The predicted octanol–water partition coefficient (Wildman–Crippen LogP) is 4.50. The minimum absolute atomic E-state index is 0.0717. The average Bonchev–Trinajstić information content (AvgIpc) is 3.03. The standard InChI is InChI=1S/C36H33N5O4/c1-20-28-15-22(11-13-24(28)26-7-3-5-9-31(26)39-20)17-30(37)35(43)38-19-34(42)41-33(36(44)45)18-23-12-14-25-27-8-4-6-10-32(27)40-21(2)29(25)16-23/h3-16,30,33H,17-19,37H2,1-2H3,(H,38,43)(H,41,42)(H,44,45)/t30-,33-/m0/s1. The second kappa shape index (κ2) is 12.3. The zero-order valence-electron chi connectivity index (χ0n) is 25.0. The highest BCUT2D eigenvalue weighted by molar-refractivity contribution is 6.07. The maximum Gasteiger partial charge on any atom is 0.326 e. The highest BCUT2D eigenvalue weighted by Crippen LogP contribution is 2.28. The van der Waals surface area contributed by atoms with Crippen LogP contribution in [0.3, 0.4) is 0 Å². The number of nitrogens with two attached hydrogens (primary N) is 1. The Labute approximate surface area is 259 Å². The summed E-state index contributed by atoms with van der Waals surface area (Å²) in [6, 6.07) is 25.4. The second-order valence-corrected chi connectivity index (χ2v) is 11.4. The second-order valence-electron chi connectivity index (χ2n) is 11.4. The molecule has 0 aliphatic carbocycles. The van der Waals surface area contributed by atoms with Crippen LogP contribution in [-0.4, -0.2) is 51.5 Å². The summed E-state index contributed by atoms with van der Waals surface area (Å²) in [5.41, 5.74) is 11.4. The van der Waals surface area contributed by atoms with Crippen molar-refractivity contribution in [2.75, 3.05) is 6.54 Å². The summed E-state index contributed by atoms with van der Waals surface area (Å²) in [4.78, 5) is 46.9. The van der Waals surface area contributed by atoms with E-state index in [1.54, 1.807) is 0 Å². The smallest absolute Gasteiger partial charge is 0.326 e. The van der Waals surface area contributed by atoms with E-state index in [0.717, 1.165) is 65.9 Å². The first-order chi connectivity index (χ1) is 21.7. The van der Waals surface area contributed by atoms with E-state index < -0.39 is 36.4 Å². The van der Waals surface area contributed by atoms with E-state index in [-0.39, 0.29) is 12.8 Å². The quantitative estimate of drug-likeness (QED) is 0.179. The van der Waals surface area contributed by atoms with Gasteiger partial charge in [-0.05, 0) is 66.4 Å². The molecule has 0 aliphatic rings. The number of rotatable bonds is 9. The van der Waals surface area contributed by atoms with E-state index in [1.165, 1.54) is 0 Å². The monoisotopic (exact) mass is 599 g/mol. The number of amides is 2. The number of nitrogens with one attached hydrogen (secondary N) is 2. The van der Waals surface area contributed by atoms with Crippen molar-refractivity contribution >= 4 is 61.1 Å². The molecule has 9 heteroatoms. The summed E-state index contributed by atoms with van der Waals surface area (Å²) in [7, 11) is 0. The molecule has 0 fully saturated rings. The number of aliphatic carboxylic acids is 1. The molecule has 6 rings (SSSR count). The third-order valence-electron chi connectivity index (χ3n) is 8.20. The van der Waals surface area contributed by atoms with E-state index in [9.17, 15) is 19.5 Å². The summed E-state index contributed by atoms with van der Waals surface area (Å²) in [5, 5.41) is 21.0. The Bertz CT molecular complexity index is 2130. The molecule has 2 aromatic heterocycles. The highest BCUT2D eigenvalue weighted by atomic mass is 16.4. The number of hydrogen-bond donors (Lipinski definition) is 4. The van der Waals surface area contributed by atoms with Gasteiger partial charge >= 0.3 is 5.97 Å². The third-order valence-corrected chi connectivity index (χ3v) is 8.20. The Morgan fingerprint density at radius 2 is 1.22 bits per heavy atom. The van der Waals surface area contributed by atoms with E-state index in [0.29, 0.717) is 0 Å². The van der Waals surface area contributed by atoms with Crippen molar-refractivity contribution in [2.45, 2.75) is 38.8 Å². The van der Waals surface area contributed by atoms with Crippen molar-refractivity contribution in [1.82, 2.24) is 20.6 Å². The van der Waals surface area contributed by atoms with Gasteiger partial charge in [0.1, 0.15) is 6.04 Å². The maximum absolute atomic E-state index is 12.8. The van der Waals surface area contributed by atoms with E-state index in [1.807, 2.05) is 98.8 Å². The highest BCUT2D eigenvalue weighted by Gasteiger charge is 2.22. The van der Waals surface area contributed by atoms with Gasteiger partial charge in [0.2, 0.25) is 11.8 Å². The van der Waals surface area contributed by atoms with E-state index >= 15 is 0 Å². The molecule has 9 nitrogen and oxygen atoms in total. The van der Waals surface area contributed by atoms with Gasteiger partial charge < -0.3 is 21.5 Å². The number of hydrogen-bond acceptors (Lipinski definition) is 6. The molecule has 0 bridgehead atoms. The number of aryl methyl sites for hydroxylation is 2. The van der Waals surface area contributed by atoms with Crippen LogP contribution in [0.25, 0.3) is 43.4 Å².